The first-order valence-corrected chi connectivity index (χ1v) is 9.57. The van der Waals surface area contributed by atoms with Crippen molar-refractivity contribution >= 4 is 5.91 Å². The SMILES string of the molecule is CC(=O)N1CCC[C@@H](c2cc(Oc3cccc(F)c3)nc(-c3cccnc3)n2)C1. The van der Waals surface area contributed by atoms with Gasteiger partial charge in [0.1, 0.15) is 11.6 Å². The van der Waals surface area contributed by atoms with Gasteiger partial charge in [-0.05, 0) is 37.1 Å². The Balaban J connectivity index is 1.71. The van der Waals surface area contributed by atoms with E-state index >= 15 is 0 Å². The van der Waals surface area contributed by atoms with Gasteiger partial charge in [0.25, 0.3) is 0 Å². The van der Waals surface area contributed by atoms with E-state index < -0.39 is 0 Å². The topological polar surface area (TPSA) is 68.2 Å². The van der Waals surface area contributed by atoms with Gasteiger partial charge in [-0.2, -0.15) is 4.98 Å². The highest BCUT2D eigenvalue weighted by Crippen LogP contribution is 2.31. The number of aromatic nitrogens is 3. The maximum Gasteiger partial charge on any atom is 0.223 e. The molecule has 29 heavy (non-hydrogen) atoms. The molecule has 0 unspecified atom stereocenters. The van der Waals surface area contributed by atoms with Crippen LogP contribution in [0.2, 0.25) is 0 Å². The van der Waals surface area contributed by atoms with Crippen molar-refractivity contribution in [1.29, 1.82) is 0 Å². The number of pyridine rings is 1. The molecule has 0 N–H and O–H groups in total. The Morgan fingerprint density at radius 3 is 2.86 bits per heavy atom. The Hall–Kier alpha value is -3.35. The number of hydrogen-bond acceptors (Lipinski definition) is 5. The fourth-order valence-corrected chi connectivity index (χ4v) is 3.48. The summed E-state index contributed by atoms with van der Waals surface area (Å²) in [6, 6.07) is 11.4. The smallest absolute Gasteiger partial charge is 0.223 e. The van der Waals surface area contributed by atoms with E-state index in [2.05, 4.69) is 9.97 Å². The lowest BCUT2D eigenvalue weighted by atomic mass is 9.94. The molecule has 0 saturated carbocycles. The molecule has 0 radical (unpaired) electrons. The molecule has 1 atom stereocenters. The van der Waals surface area contributed by atoms with E-state index in [9.17, 15) is 9.18 Å². The van der Waals surface area contributed by atoms with Crippen molar-refractivity contribution in [2.24, 2.45) is 0 Å². The molecule has 6 nitrogen and oxygen atoms in total. The maximum atomic E-state index is 13.5. The van der Waals surface area contributed by atoms with Crippen LogP contribution in [0.1, 0.15) is 31.4 Å². The molecular formula is C22H21FN4O2. The van der Waals surface area contributed by atoms with Crippen molar-refractivity contribution in [3.05, 3.63) is 66.4 Å². The standard InChI is InChI=1S/C22H21FN4O2/c1-15(28)27-10-4-6-17(14-27)20-12-21(29-19-8-2-7-18(23)11-19)26-22(25-20)16-5-3-9-24-13-16/h2-3,5,7-9,11-13,17H,4,6,10,14H2,1H3/t17-/m1/s1. The number of likely N-dealkylation sites (tertiary alicyclic amines) is 1. The molecule has 1 aromatic carbocycles. The third-order valence-electron chi connectivity index (χ3n) is 4.95. The van der Waals surface area contributed by atoms with Crippen molar-refractivity contribution in [3.63, 3.8) is 0 Å². The zero-order chi connectivity index (χ0) is 20.2. The Kier molecular flexibility index (Phi) is 5.46. The number of amides is 1. The molecule has 0 bridgehead atoms. The number of halogens is 1. The van der Waals surface area contributed by atoms with Crippen LogP contribution in [0.15, 0.2) is 54.9 Å². The van der Waals surface area contributed by atoms with Gasteiger partial charge < -0.3 is 9.64 Å². The summed E-state index contributed by atoms with van der Waals surface area (Å²) in [4.78, 5) is 27.0. The second-order valence-corrected chi connectivity index (χ2v) is 7.06. The van der Waals surface area contributed by atoms with Gasteiger partial charge in [0, 0.05) is 56.0 Å². The van der Waals surface area contributed by atoms with Gasteiger partial charge >= 0.3 is 0 Å². The number of rotatable bonds is 4. The Labute approximate surface area is 168 Å². The van der Waals surface area contributed by atoms with Crippen LogP contribution in [-0.2, 0) is 4.79 Å². The summed E-state index contributed by atoms with van der Waals surface area (Å²) in [7, 11) is 0. The van der Waals surface area contributed by atoms with Gasteiger partial charge in [0.2, 0.25) is 11.8 Å². The van der Waals surface area contributed by atoms with E-state index in [0.717, 1.165) is 30.6 Å². The summed E-state index contributed by atoms with van der Waals surface area (Å²) in [6.07, 6.45) is 5.21. The molecule has 1 aliphatic rings. The van der Waals surface area contributed by atoms with Crippen LogP contribution in [-0.4, -0.2) is 38.8 Å². The number of nitrogens with zero attached hydrogens (tertiary/aromatic N) is 4. The summed E-state index contributed by atoms with van der Waals surface area (Å²) in [5, 5.41) is 0. The van der Waals surface area contributed by atoms with Crippen LogP contribution in [0.25, 0.3) is 11.4 Å². The quantitative estimate of drug-likeness (QED) is 0.666. The minimum absolute atomic E-state index is 0.0625. The van der Waals surface area contributed by atoms with Gasteiger partial charge in [0.05, 0.1) is 5.69 Å². The van der Waals surface area contributed by atoms with Crippen LogP contribution in [0, 0.1) is 5.82 Å². The van der Waals surface area contributed by atoms with Gasteiger partial charge in [-0.1, -0.05) is 6.07 Å². The molecule has 2 aromatic heterocycles. The van der Waals surface area contributed by atoms with E-state index in [1.165, 1.54) is 12.1 Å². The molecule has 0 spiro atoms. The second-order valence-electron chi connectivity index (χ2n) is 7.06. The van der Waals surface area contributed by atoms with Crippen LogP contribution in [0.5, 0.6) is 11.6 Å². The molecule has 1 saturated heterocycles. The summed E-state index contributed by atoms with van der Waals surface area (Å²) in [5.41, 5.74) is 1.56. The van der Waals surface area contributed by atoms with Crippen molar-refractivity contribution in [1.82, 2.24) is 19.9 Å². The largest absolute Gasteiger partial charge is 0.439 e. The van der Waals surface area contributed by atoms with Crippen molar-refractivity contribution < 1.29 is 13.9 Å². The highest BCUT2D eigenvalue weighted by Gasteiger charge is 2.25. The van der Waals surface area contributed by atoms with Crippen molar-refractivity contribution in [3.8, 4) is 23.0 Å². The Morgan fingerprint density at radius 2 is 2.10 bits per heavy atom. The molecule has 4 rings (SSSR count). The Morgan fingerprint density at radius 1 is 1.21 bits per heavy atom. The van der Waals surface area contributed by atoms with Crippen LogP contribution >= 0.6 is 0 Å². The lowest BCUT2D eigenvalue weighted by Crippen LogP contribution is -2.37. The first-order chi connectivity index (χ1) is 14.1. The van der Waals surface area contributed by atoms with E-state index in [1.807, 2.05) is 17.0 Å². The first-order valence-electron chi connectivity index (χ1n) is 9.57. The third-order valence-corrected chi connectivity index (χ3v) is 4.95. The lowest BCUT2D eigenvalue weighted by molar-refractivity contribution is -0.130. The van der Waals surface area contributed by atoms with Crippen molar-refractivity contribution in [2.75, 3.05) is 13.1 Å². The minimum atomic E-state index is -0.381. The van der Waals surface area contributed by atoms with Gasteiger partial charge in [-0.25, -0.2) is 9.37 Å². The highest BCUT2D eigenvalue weighted by molar-refractivity contribution is 5.73. The second kappa shape index (κ2) is 8.34. The summed E-state index contributed by atoms with van der Waals surface area (Å²) >= 11 is 0. The monoisotopic (exact) mass is 392 g/mol. The zero-order valence-corrected chi connectivity index (χ0v) is 16.1. The molecule has 3 heterocycles. The first kappa shape index (κ1) is 19.0. The van der Waals surface area contributed by atoms with E-state index in [4.69, 9.17) is 9.72 Å². The number of benzene rings is 1. The van der Waals surface area contributed by atoms with Crippen LogP contribution < -0.4 is 4.74 Å². The molecule has 1 amide bonds. The fraction of sp³-hybridized carbons (Fsp3) is 0.273. The fourth-order valence-electron chi connectivity index (χ4n) is 3.48. The number of carbonyl (C=O) groups is 1. The predicted molar refractivity (Wildman–Crippen MR) is 106 cm³/mol. The third kappa shape index (κ3) is 4.56. The van der Waals surface area contributed by atoms with Crippen LogP contribution in [0.4, 0.5) is 4.39 Å². The maximum absolute atomic E-state index is 13.5. The van der Waals surface area contributed by atoms with Gasteiger partial charge in [-0.15, -0.1) is 0 Å². The molecule has 148 valence electrons. The number of piperidine rings is 1. The van der Waals surface area contributed by atoms with Gasteiger partial charge in [0.15, 0.2) is 5.82 Å². The van der Waals surface area contributed by atoms with E-state index in [-0.39, 0.29) is 17.6 Å². The summed E-state index contributed by atoms with van der Waals surface area (Å²) in [5.74, 6) is 0.948. The predicted octanol–water partition coefficient (Wildman–Crippen LogP) is 4.20. The number of carbonyl (C=O) groups excluding carboxylic acids is 1. The summed E-state index contributed by atoms with van der Waals surface area (Å²) < 4.78 is 19.4. The molecule has 0 aliphatic carbocycles. The number of hydrogen-bond donors (Lipinski definition) is 0. The van der Waals surface area contributed by atoms with Crippen LogP contribution in [0.3, 0.4) is 0 Å². The number of ether oxygens (including phenoxy) is 1. The van der Waals surface area contributed by atoms with E-state index in [1.54, 1.807) is 37.5 Å². The average molecular weight is 392 g/mol. The zero-order valence-electron chi connectivity index (χ0n) is 16.1. The lowest BCUT2D eigenvalue weighted by Gasteiger charge is -2.31. The average Bonchev–Trinajstić information content (AvgIpc) is 2.74. The van der Waals surface area contributed by atoms with Gasteiger partial charge in [-0.3, -0.25) is 9.78 Å². The molecular weight excluding hydrogens is 371 g/mol. The minimum Gasteiger partial charge on any atom is -0.439 e. The molecule has 1 aliphatic heterocycles. The highest BCUT2D eigenvalue weighted by atomic mass is 19.1. The normalized spacial score (nSPS) is 16.5. The molecule has 7 heteroatoms. The molecule has 3 aromatic rings. The molecule has 1 fully saturated rings. The van der Waals surface area contributed by atoms with Crippen molar-refractivity contribution in [2.45, 2.75) is 25.7 Å². The Bertz CT molecular complexity index is 1010. The van der Waals surface area contributed by atoms with E-state index in [0.29, 0.717) is 24.0 Å². The summed E-state index contributed by atoms with van der Waals surface area (Å²) in [6.45, 7) is 2.96.